The Morgan fingerprint density at radius 1 is 1.36 bits per heavy atom. The van der Waals surface area contributed by atoms with E-state index in [2.05, 4.69) is 17.0 Å². The molecular weight excluding hydrogens is 198 g/mol. The standard InChI is InChI=1S/C10H11NO2S/c1-3-8-11-14(12,13)10-6-4-9(2)5-7-10/h4-8,11H,1H2,2H3. The lowest BCUT2D eigenvalue weighted by molar-refractivity contribution is 0.590. The van der Waals surface area contributed by atoms with E-state index in [-0.39, 0.29) is 4.90 Å². The van der Waals surface area contributed by atoms with E-state index in [0.717, 1.165) is 11.8 Å². The highest BCUT2D eigenvalue weighted by Crippen LogP contribution is 2.09. The predicted octanol–water partition coefficient (Wildman–Crippen LogP) is 1.57. The van der Waals surface area contributed by atoms with Gasteiger partial charge in [0.15, 0.2) is 0 Å². The molecule has 0 unspecified atom stereocenters. The van der Waals surface area contributed by atoms with Crippen LogP contribution in [0.25, 0.3) is 0 Å². The first-order valence-electron chi connectivity index (χ1n) is 3.99. The van der Waals surface area contributed by atoms with Crippen molar-refractivity contribution in [1.82, 2.24) is 4.72 Å². The molecule has 0 saturated heterocycles. The number of nitrogens with one attached hydrogen (secondary N) is 1. The smallest absolute Gasteiger partial charge is 0.261 e. The summed E-state index contributed by atoms with van der Waals surface area (Å²) in [5.41, 5.74) is 3.36. The quantitative estimate of drug-likeness (QED) is 0.768. The van der Waals surface area contributed by atoms with Gasteiger partial charge in [-0.05, 0) is 19.1 Å². The zero-order valence-electron chi connectivity index (χ0n) is 7.82. The van der Waals surface area contributed by atoms with E-state index in [4.69, 9.17) is 0 Å². The molecule has 1 aromatic carbocycles. The molecule has 4 heteroatoms. The Hall–Kier alpha value is -1.51. The lowest BCUT2D eigenvalue weighted by Crippen LogP contribution is -2.17. The van der Waals surface area contributed by atoms with Crippen LogP contribution in [0.1, 0.15) is 5.56 Å². The molecule has 0 aliphatic heterocycles. The fraction of sp³-hybridized carbons (Fsp3) is 0.100. The molecule has 0 bridgehead atoms. The summed E-state index contributed by atoms with van der Waals surface area (Å²) in [6.45, 7) is 5.16. The van der Waals surface area contributed by atoms with Crippen molar-refractivity contribution in [3.63, 3.8) is 0 Å². The lowest BCUT2D eigenvalue weighted by atomic mass is 10.2. The molecule has 0 spiro atoms. The summed E-state index contributed by atoms with van der Waals surface area (Å²) in [5.74, 6) is 0. The highest BCUT2D eigenvalue weighted by atomic mass is 32.2. The van der Waals surface area contributed by atoms with Gasteiger partial charge in [-0.2, -0.15) is 0 Å². The van der Waals surface area contributed by atoms with Gasteiger partial charge in [0.1, 0.15) is 0 Å². The van der Waals surface area contributed by atoms with Crippen LogP contribution in [0.5, 0.6) is 0 Å². The van der Waals surface area contributed by atoms with Crippen molar-refractivity contribution < 1.29 is 8.42 Å². The topological polar surface area (TPSA) is 46.2 Å². The summed E-state index contributed by atoms with van der Waals surface area (Å²) in [7, 11) is -3.45. The average Bonchev–Trinajstić information content (AvgIpc) is 2.16. The SMILES string of the molecule is C=C=CNS(=O)(=O)c1ccc(C)cc1. The van der Waals surface area contributed by atoms with Crippen LogP contribution in [-0.2, 0) is 10.0 Å². The molecule has 0 heterocycles. The van der Waals surface area contributed by atoms with Crippen molar-refractivity contribution in [2.75, 3.05) is 0 Å². The largest absolute Gasteiger partial charge is 0.279 e. The molecule has 0 saturated carbocycles. The zero-order valence-corrected chi connectivity index (χ0v) is 8.64. The Bertz CT molecular complexity index is 453. The second-order valence-corrected chi connectivity index (χ2v) is 4.50. The molecule has 0 amide bonds. The van der Waals surface area contributed by atoms with Crippen molar-refractivity contribution >= 4 is 10.0 Å². The molecule has 0 aromatic heterocycles. The molecule has 0 fully saturated rings. The van der Waals surface area contributed by atoms with Gasteiger partial charge in [0.25, 0.3) is 10.0 Å². The van der Waals surface area contributed by atoms with Gasteiger partial charge in [-0.3, -0.25) is 4.72 Å². The molecule has 0 radical (unpaired) electrons. The van der Waals surface area contributed by atoms with Crippen LogP contribution in [0.3, 0.4) is 0 Å². The molecule has 0 aliphatic carbocycles. The number of aryl methyl sites for hydroxylation is 1. The maximum absolute atomic E-state index is 11.5. The third-order valence-corrected chi connectivity index (χ3v) is 2.97. The van der Waals surface area contributed by atoms with Crippen molar-refractivity contribution in [1.29, 1.82) is 0 Å². The Morgan fingerprint density at radius 3 is 2.43 bits per heavy atom. The first kappa shape index (κ1) is 10.6. The molecule has 14 heavy (non-hydrogen) atoms. The van der Waals surface area contributed by atoms with Crippen molar-refractivity contribution in [3.8, 4) is 0 Å². The summed E-state index contributed by atoms with van der Waals surface area (Å²) in [6, 6.07) is 6.58. The summed E-state index contributed by atoms with van der Waals surface area (Å²) in [5, 5.41) is 0. The van der Waals surface area contributed by atoms with Gasteiger partial charge in [0.2, 0.25) is 0 Å². The normalized spacial score (nSPS) is 10.4. The molecule has 74 valence electrons. The van der Waals surface area contributed by atoms with E-state index in [1.165, 1.54) is 0 Å². The molecular formula is C10H11NO2S. The fourth-order valence-corrected chi connectivity index (χ4v) is 1.77. The average molecular weight is 209 g/mol. The summed E-state index contributed by atoms with van der Waals surface area (Å²) in [4.78, 5) is 0.231. The minimum Gasteiger partial charge on any atom is -0.279 e. The molecule has 1 aromatic rings. The van der Waals surface area contributed by atoms with Gasteiger partial charge in [0, 0.05) is 0 Å². The van der Waals surface area contributed by atoms with Crippen LogP contribution >= 0.6 is 0 Å². The van der Waals surface area contributed by atoms with E-state index in [0.29, 0.717) is 0 Å². The highest BCUT2D eigenvalue weighted by Gasteiger charge is 2.10. The minimum atomic E-state index is -3.45. The van der Waals surface area contributed by atoms with E-state index in [1.54, 1.807) is 24.3 Å². The first-order valence-corrected chi connectivity index (χ1v) is 5.48. The van der Waals surface area contributed by atoms with Crippen molar-refractivity contribution in [2.24, 2.45) is 0 Å². The van der Waals surface area contributed by atoms with Gasteiger partial charge in [-0.25, -0.2) is 8.42 Å². The molecule has 0 atom stereocenters. The minimum absolute atomic E-state index is 0.231. The number of benzene rings is 1. The van der Waals surface area contributed by atoms with Gasteiger partial charge >= 0.3 is 0 Å². The first-order chi connectivity index (χ1) is 6.56. The number of sulfonamides is 1. The van der Waals surface area contributed by atoms with E-state index in [9.17, 15) is 8.42 Å². The summed E-state index contributed by atoms with van der Waals surface area (Å²) >= 11 is 0. The van der Waals surface area contributed by atoms with Gasteiger partial charge in [0.05, 0.1) is 11.1 Å². The number of hydrogen-bond donors (Lipinski definition) is 1. The molecule has 3 nitrogen and oxygen atoms in total. The monoisotopic (exact) mass is 209 g/mol. The lowest BCUT2D eigenvalue weighted by Gasteiger charge is -2.02. The molecule has 0 aliphatic rings. The van der Waals surface area contributed by atoms with Crippen LogP contribution < -0.4 is 4.72 Å². The van der Waals surface area contributed by atoms with Crippen LogP contribution in [-0.4, -0.2) is 8.42 Å². The van der Waals surface area contributed by atoms with E-state index in [1.807, 2.05) is 6.92 Å². The van der Waals surface area contributed by atoms with Crippen molar-refractivity contribution in [3.05, 3.63) is 48.3 Å². The van der Waals surface area contributed by atoms with Gasteiger partial charge < -0.3 is 0 Å². The van der Waals surface area contributed by atoms with Crippen LogP contribution in [0.2, 0.25) is 0 Å². The third kappa shape index (κ3) is 2.49. The molecule has 1 rings (SSSR count). The van der Waals surface area contributed by atoms with E-state index >= 15 is 0 Å². The maximum atomic E-state index is 11.5. The molecule has 1 N–H and O–H groups in total. The van der Waals surface area contributed by atoms with Gasteiger partial charge in [-0.1, -0.05) is 24.3 Å². The Labute approximate surface area is 83.8 Å². The van der Waals surface area contributed by atoms with Crippen LogP contribution in [0.15, 0.2) is 47.7 Å². The zero-order chi connectivity index (χ0) is 10.6. The van der Waals surface area contributed by atoms with Gasteiger partial charge in [-0.15, -0.1) is 5.73 Å². The summed E-state index contributed by atoms with van der Waals surface area (Å²) < 4.78 is 25.2. The predicted molar refractivity (Wildman–Crippen MR) is 55.2 cm³/mol. The van der Waals surface area contributed by atoms with E-state index < -0.39 is 10.0 Å². The fourth-order valence-electron chi connectivity index (χ4n) is 0.905. The van der Waals surface area contributed by atoms with Crippen LogP contribution in [0, 0.1) is 6.92 Å². The highest BCUT2D eigenvalue weighted by molar-refractivity contribution is 7.89. The summed E-state index contributed by atoms with van der Waals surface area (Å²) in [6.07, 6.45) is 1.16. The Morgan fingerprint density at radius 2 is 1.93 bits per heavy atom. The Kier molecular flexibility index (Phi) is 3.12. The van der Waals surface area contributed by atoms with Crippen molar-refractivity contribution in [2.45, 2.75) is 11.8 Å². The Balaban J connectivity index is 3.04. The second kappa shape index (κ2) is 4.13. The number of rotatable bonds is 3. The second-order valence-electron chi connectivity index (χ2n) is 2.78. The third-order valence-electron chi connectivity index (χ3n) is 1.65. The van der Waals surface area contributed by atoms with Crippen LogP contribution in [0.4, 0.5) is 0 Å². The maximum Gasteiger partial charge on any atom is 0.261 e. The number of hydrogen-bond acceptors (Lipinski definition) is 2.